The van der Waals surface area contributed by atoms with E-state index < -0.39 is 5.60 Å². The first kappa shape index (κ1) is 20.2. The van der Waals surface area contributed by atoms with Crippen molar-refractivity contribution < 1.29 is 9.90 Å². The van der Waals surface area contributed by atoms with E-state index in [1.54, 1.807) is 29.2 Å². The third-order valence-corrected chi connectivity index (χ3v) is 5.95. The number of amides is 1. The topological polar surface area (TPSA) is 40.5 Å². The Kier molecular flexibility index (Phi) is 6.21. The summed E-state index contributed by atoms with van der Waals surface area (Å²) in [6, 6.07) is 19.5. The number of likely N-dealkylation sites (tertiary alicyclic amines) is 1. The van der Waals surface area contributed by atoms with Crippen molar-refractivity contribution in [3.63, 3.8) is 0 Å². The summed E-state index contributed by atoms with van der Waals surface area (Å²) in [5.74, 6) is 3.46. The molecule has 2 aromatic carbocycles. The van der Waals surface area contributed by atoms with Crippen LogP contribution in [0, 0.1) is 24.2 Å². The molecule has 1 heterocycles. The van der Waals surface area contributed by atoms with Crippen molar-refractivity contribution in [2.24, 2.45) is 11.8 Å². The van der Waals surface area contributed by atoms with Crippen LogP contribution in [0.15, 0.2) is 60.7 Å². The van der Waals surface area contributed by atoms with Crippen molar-refractivity contribution in [1.29, 1.82) is 0 Å². The molecule has 0 radical (unpaired) electrons. The number of rotatable bonds is 5. The molecule has 1 amide bonds. The molecule has 0 spiro atoms. The molecule has 0 aromatic heterocycles. The van der Waals surface area contributed by atoms with Gasteiger partial charge in [-0.2, -0.15) is 0 Å². The molecule has 0 bridgehead atoms. The summed E-state index contributed by atoms with van der Waals surface area (Å²) >= 11 is 0. The van der Waals surface area contributed by atoms with Crippen LogP contribution in [-0.4, -0.2) is 29.0 Å². The van der Waals surface area contributed by atoms with Gasteiger partial charge in [0.15, 0.2) is 0 Å². The number of hydrogen-bond acceptors (Lipinski definition) is 2. The third-order valence-electron chi connectivity index (χ3n) is 5.95. The van der Waals surface area contributed by atoms with Gasteiger partial charge >= 0.3 is 0 Å². The normalized spacial score (nSPS) is 18.3. The molecule has 146 valence electrons. The Labute approximate surface area is 168 Å². The van der Waals surface area contributed by atoms with Gasteiger partial charge in [-0.1, -0.05) is 80.4 Å². The number of carbonyl (C=O) groups is 1. The zero-order chi connectivity index (χ0) is 20.1. The predicted molar refractivity (Wildman–Crippen MR) is 112 cm³/mol. The molecule has 1 aliphatic rings. The fourth-order valence-electron chi connectivity index (χ4n) is 4.52. The van der Waals surface area contributed by atoms with Gasteiger partial charge in [-0.25, -0.2) is 0 Å². The highest BCUT2D eigenvalue weighted by Crippen LogP contribution is 2.38. The largest absolute Gasteiger partial charge is 0.366 e. The maximum absolute atomic E-state index is 13.1. The fraction of sp³-hybridized carbons (Fsp3) is 0.400. The highest BCUT2D eigenvalue weighted by Gasteiger charge is 2.41. The van der Waals surface area contributed by atoms with Gasteiger partial charge in [0.25, 0.3) is 5.91 Å². The molecule has 0 aliphatic carbocycles. The van der Waals surface area contributed by atoms with Crippen molar-refractivity contribution in [2.75, 3.05) is 13.1 Å². The van der Waals surface area contributed by atoms with Crippen molar-refractivity contribution >= 4 is 5.91 Å². The molecule has 0 saturated carbocycles. The van der Waals surface area contributed by atoms with Gasteiger partial charge in [0, 0.05) is 18.7 Å². The lowest BCUT2D eigenvalue weighted by Gasteiger charge is -2.40. The van der Waals surface area contributed by atoms with Crippen LogP contribution in [0.25, 0.3) is 0 Å². The Morgan fingerprint density at radius 1 is 1.07 bits per heavy atom. The lowest BCUT2D eigenvalue weighted by molar-refractivity contribution is -0.148. The first-order valence-electron chi connectivity index (χ1n) is 10.1. The van der Waals surface area contributed by atoms with Gasteiger partial charge in [-0.15, -0.1) is 6.42 Å². The van der Waals surface area contributed by atoms with E-state index in [0.717, 1.165) is 12.8 Å². The smallest absolute Gasteiger partial charge is 0.272 e. The summed E-state index contributed by atoms with van der Waals surface area (Å²) in [7, 11) is 0. The molecule has 28 heavy (non-hydrogen) atoms. The molecule has 1 N–H and O–H groups in total. The first-order valence-corrected chi connectivity index (χ1v) is 10.1. The van der Waals surface area contributed by atoms with E-state index in [4.69, 9.17) is 6.42 Å². The van der Waals surface area contributed by atoms with Crippen molar-refractivity contribution in [1.82, 2.24) is 4.90 Å². The van der Waals surface area contributed by atoms with Crippen LogP contribution in [0.2, 0.25) is 0 Å². The molecule has 2 atom stereocenters. The molecule has 2 unspecified atom stereocenters. The molecule has 2 aromatic rings. The van der Waals surface area contributed by atoms with Crippen LogP contribution in [-0.2, 0) is 10.4 Å². The number of carbonyl (C=O) groups excluding carboxylic acids is 1. The van der Waals surface area contributed by atoms with Crippen LogP contribution < -0.4 is 0 Å². The highest BCUT2D eigenvalue weighted by atomic mass is 16.3. The van der Waals surface area contributed by atoms with Crippen LogP contribution in [0.4, 0.5) is 0 Å². The van der Waals surface area contributed by atoms with Crippen LogP contribution >= 0.6 is 0 Å². The molecular formula is C25H29NO2. The summed E-state index contributed by atoms with van der Waals surface area (Å²) in [4.78, 5) is 14.8. The molecule has 3 heteroatoms. The minimum absolute atomic E-state index is 0.388. The van der Waals surface area contributed by atoms with E-state index in [9.17, 15) is 9.90 Å². The number of benzene rings is 2. The summed E-state index contributed by atoms with van der Waals surface area (Å²) < 4.78 is 0. The first-order chi connectivity index (χ1) is 13.5. The van der Waals surface area contributed by atoms with Gasteiger partial charge in [-0.3, -0.25) is 4.79 Å². The van der Waals surface area contributed by atoms with Crippen LogP contribution in [0.5, 0.6) is 0 Å². The summed E-state index contributed by atoms with van der Waals surface area (Å²) in [5, 5.41) is 10.9. The Morgan fingerprint density at radius 2 is 1.61 bits per heavy atom. The van der Waals surface area contributed by atoms with E-state index in [-0.39, 0.29) is 5.91 Å². The monoisotopic (exact) mass is 375 g/mol. The number of piperidine rings is 1. The van der Waals surface area contributed by atoms with E-state index >= 15 is 0 Å². The van der Waals surface area contributed by atoms with E-state index in [1.807, 2.05) is 12.1 Å². The van der Waals surface area contributed by atoms with Crippen molar-refractivity contribution in [2.45, 2.75) is 38.2 Å². The Balaban J connectivity index is 1.72. The lowest BCUT2D eigenvalue weighted by atomic mass is 9.74. The number of nitrogens with zero attached hydrogens (tertiary/aromatic N) is 1. The quantitative estimate of drug-likeness (QED) is 0.796. The second-order valence-electron chi connectivity index (χ2n) is 8.03. The Hall–Kier alpha value is -2.57. The molecule has 3 nitrogen and oxygen atoms in total. The Morgan fingerprint density at radius 3 is 2.11 bits per heavy atom. The molecule has 3 rings (SSSR count). The molecule has 1 saturated heterocycles. The highest BCUT2D eigenvalue weighted by molar-refractivity contribution is 5.89. The number of terminal acetylenes is 1. The maximum Gasteiger partial charge on any atom is 0.272 e. The average Bonchev–Trinajstić information content (AvgIpc) is 2.74. The summed E-state index contributed by atoms with van der Waals surface area (Å²) in [6.45, 7) is 5.77. The van der Waals surface area contributed by atoms with Crippen LogP contribution in [0.1, 0.15) is 43.7 Å². The third kappa shape index (κ3) is 3.98. The maximum atomic E-state index is 13.1. The van der Waals surface area contributed by atoms with Gasteiger partial charge in [-0.05, 0) is 36.2 Å². The minimum Gasteiger partial charge on any atom is -0.366 e. The Bertz CT molecular complexity index is 817. The molecular weight excluding hydrogens is 346 g/mol. The fourth-order valence-corrected chi connectivity index (χ4v) is 4.52. The SMILES string of the molecule is C#CC(O)(C(=O)N1CCC(C(c2ccccc2)C(C)C)CC1)c1ccccc1. The standard InChI is InChI=1S/C25H29NO2/c1-4-25(28,22-13-9-6-10-14-22)24(27)26-17-15-21(16-18-26)23(19(2)3)20-11-7-5-8-12-20/h1,5-14,19,21,23,28H,15-18H2,2-3H3. The summed E-state index contributed by atoms with van der Waals surface area (Å²) in [6.07, 6.45) is 7.42. The second kappa shape index (κ2) is 8.63. The van der Waals surface area contributed by atoms with Gasteiger partial charge in [0.05, 0.1) is 0 Å². The van der Waals surface area contributed by atoms with Crippen molar-refractivity contribution in [3.05, 3.63) is 71.8 Å². The summed E-state index contributed by atoms with van der Waals surface area (Å²) in [5.41, 5.74) is -0.0778. The van der Waals surface area contributed by atoms with Crippen LogP contribution in [0.3, 0.4) is 0 Å². The zero-order valence-corrected chi connectivity index (χ0v) is 16.7. The van der Waals surface area contributed by atoms with Gasteiger partial charge in [0.1, 0.15) is 0 Å². The lowest BCUT2D eigenvalue weighted by Crippen LogP contribution is -2.49. The molecule has 1 aliphatic heterocycles. The van der Waals surface area contributed by atoms with E-state index in [2.05, 4.69) is 44.0 Å². The van der Waals surface area contributed by atoms with Crippen molar-refractivity contribution in [3.8, 4) is 12.3 Å². The number of aliphatic hydroxyl groups is 1. The second-order valence-corrected chi connectivity index (χ2v) is 8.03. The average molecular weight is 376 g/mol. The minimum atomic E-state index is -1.90. The molecule has 1 fully saturated rings. The van der Waals surface area contributed by atoms with E-state index in [0.29, 0.717) is 36.4 Å². The zero-order valence-electron chi connectivity index (χ0n) is 16.7. The predicted octanol–water partition coefficient (Wildman–Crippen LogP) is 4.19. The van der Waals surface area contributed by atoms with E-state index in [1.165, 1.54) is 5.56 Å². The van der Waals surface area contributed by atoms with Gasteiger partial charge < -0.3 is 10.0 Å². The number of hydrogen-bond donors (Lipinski definition) is 1. The van der Waals surface area contributed by atoms with Gasteiger partial charge in [0.2, 0.25) is 5.60 Å².